The summed E-state index contributed by atoms with van der Waals surface area (Å²) in [4.78, 5) is 0. The van der Waals surface area contributed by atoms with Crippen molar-refractivity contribution in [3.63, 3.8) is 0 Å². The molecule has 6 heteroatoms. The van der Waals surface area contributed by atoms with Crippen molar-refractivity contribution in [2.24, 2.45) is 0 Å². The molecule has 0 aliphatic carbocycles. The van der Waals surface area contributed by atoms with Gasteiger partial charge in [0, 0.05) is 0 Å². The van der Waals surface area contributed by atoms with E-state index in [9.17, 15) is 0 Å². The van der Waals surface area contributed by atoms with Crippen LogP contribution in [-0.4, -0.2) is 42.9 Å². The van der Waals surface area contributed by atoms with Gasteiger partial charge in [-0.3, -0.25) is 0 Å². The van der Waals surface area contributed by atoms with Crippen molar-refractivity contribution in [2.75, 3.05) is 0 Å². The van der Waals surface area contributed by atoms with E-state index < -0.39 is 0 Å². The van der Waals surface area contributed by atoms with Crippen LogP contribution < -0.4 is 0 Å². The fourth-order valence-electron chi connectivity index (χ4n) is 0. The molecule has 0 aromatic heterocycles. The molecule has 27 valence electrons. The van der Waals surface area contributed by atoms with Crippen molar-refractivity contribution in [3.05, 3.63) is 0 Å². The van der Waals surface area contributed by atoms with Gasteiger partial charge in [-0.05, 0) is 0 Å². The summed E-state index contributed by atoms with van der Waals surface area (Å²) < 4.78 is 25.1. The Morgan fingerprint density at radius 1 is 1.17 bits per heavy atom. The second kappa shape index (κ2) is 85.3. The van der Waals surface area contributed by atoms with Crippen LogP contribution in [0.2, 0.25) is 0 Å². The van der Waals surface area contributed by atoms with Crippen molar-refractivity contribution >= 4 is 42.9 Å². The van der Waals surface area contributed by atoms with Gasteiger partial charge in [0.1, 0.15) is 0 Å². The normalized spacial score (nSPS) is 2.00. The quantitative estimate of drug-likeness (QED) is 0.518. The Kier molecular flexibility index (Phi) is 222. The summed E-state index contributed by atoms with van der Waals surface area (Å²) in [5.41, 5.74) is 0. The van der Waals surface area contributed by atoms with Gasteiger partial charge in [-0.1, -0.05) is 0 Å². The van der Waals surface area contributed by atoms with Gasteiger partial charge < -0.3 is 0 Å². The summed E-state index contributed by atoms with van der Waals surface area (Å²) in [5, 5.41) is 0. The van der Waals surface area contributed by atoms with Crippen molar-refractivity contribution < 1.29 is 28.2 Å². The zero-order valence-electron chi connectivity index (χ0n) is 3.22. The van der Waals surface area contributed by atoms with Gasteiger partial charge in [0.15, 0.2) is 0 Å². The van der Waals surface area contributed by atoms with E-state index in [1.54, 1.807) is 0 Å². The van der Waals surface area contributed by atoms with E-state index in [1.807, 2.05) is 0 Å². The van der Waals surface area contributed by atoms with E-state index >= 15 is 0 Å². The van der Waals surface area contributed by atoms with E-state index in [0.717, 1.165) is 0 Å². The molecule has 0 N–H and O–H groups in total. The van der Waals surface area contributed by atoms with Crippen LogP contribution in [0.25, 0.3) is 0 Å². The van der Waals surface area contributed by atoms with Crippen LogP contribution in [0, 0.1) is 0 Å². The minimum absolute atomic E-state index is 0.1000. The summed E-state index contributed by atoms with van der Waals surface area (Å²) in [6, 6.07) is 0. The molecule has 0 bridgehead atoms. The zero-order valence-corrected chi connectivity index (χ0v) is 12.6. The van der Waals surface area contributed by atoms with Gasteiger partial charge in [-0.25, -0.2) is 0 Å². The first kappa shape index (κ1) is 15.6. The summed E-state index contributed by atoms with van der Waals surface area (Å²) >= 11 is 0.463. The summed E-state index contributed by atoms with van der Waals surface area (Å²) in [6.07, 6.45) is 0. The molecule has 0 aromatic rings. The topological polar surface area (TPSA) is 51.2 Å². The average molecular weight is 299 g/mol. The Balaban J connectivity index is -0.0000000225. The molecule has 1 radical (unpaired) electrons. The summed E-state index contributed by atoms with van der Waals surface area (Å²) in [5.74, 6) is 0. The number of rotatable bonds is 0. The maximum absolute atomic E-state index is 8.42. The molecule has 3 nitrogen and oxygen atoms in total. The molecule has 0 fully saturated rings. The van der Waals surface area contributed by atoms with E-state index in [-0.39, 0.29) is 42.6 Å². The molecule has 0 atom stereocenters. The molecule has 0 amide bonds. The molecular weight excluding hydrogens is 298 g/mol. The Morgan fingerprint density at radius 2 is 1.17 bits per heavy atom. The van der Waals surface area contributed by atoms with Gasteiger partial charge in [-0.15, -0.1) is 0 Å². The fraction of sp³-hybridized carbons (Fsp3) is 0. The minimum atomic E-state index is -0.1000. The van der Waals surface area contributed by atoms with E-state index in [4.69, 9.17) is 9.97 Å². The second-order valence-electron chi connectivity index (χ2n) is 0. The molecule has 0 aliphatic rings. The van der Waals surface area contributed by atoms with Gasteiger partial charge in [0.05, 0.1) is 0 Å². The molecule has 0 aromatic carbocycles. The predicted molar refractivity (Wildman–Crippen MR) is 15.0 cm³/mol. The standard InChI is InChI=1S/Ga.In.3O.Zn.H. The first-order chi connectivity index (χ1) is 3.00. The number of hydrogen-bond acceptors (Lipinski definition) is 3. The van der Waals surface area contributed by atoms with Crippen LogP contribution in [0.3, 0.4) is 0 Å². The van der Waals surface area contributed by atoms with Gasteiger partial charge in [0.2, 0.25) is 0 Å². The average Bonchev–Trinajstić information content (AvgIpc) is 1.81. The fourth-order valence-corrected chi connectivity index (χ4v) is 0. The summed E-state index contributed by atoms with van der Waals surface area (Å²) in [7, 11) is 0. The van der Waals surface area contributed by atoms with Crippen LogP contribution in [-0.2, 0) is 28.2 Å². The van der Waals surface area contributed by atoms with Gasteiger partial charge in [-0.2, -0.15) is 0 Å². The van der Waals surface area contributed by atoms with Crippen LogP contribution in [0.5, 0.6) is 0 Å². The Hall–Kier alpha value is 1.53. The number of hydrogen-bond donors (Lipinski definition) is 0. The van der Waals surface area contributed by atoms with E-state index in [2.05, 4.69) is 0 Å². The Labute approximate surface area is 70.4 Å². The van der Waals surface area contributed by atoms with Gasteiger partial charge >= 0.3 is 71.1 Å². The van der Waals surface area contributed by atoms with E-state index in [1.165, 1.54) is 0 Å². The maximum atomic E-state index is 8.42. The molecule has 6 heavy (non-hydrogen) atoms. The third-order valence-corrected chi connectivity index (χ3v) is 0. The van der Waals surface area contributed by atoms with Crippen molar-refractivity contribution in [1.82, 2.24) is 0 Å². The van der Waals surface area contributed by atoms with Crippen molar-refractivity contribution in [2.45, 2.75) is 0 Å². The monoisotopic (exact) mass is 297 g/mol. The van der Waals surface area contributed by atoms with Crippen LogP contribution in [0.4, 0.5) is 0 Å². The molecule has 0 saturated carbocycles. The Bertz CT molecular complexity index is 15.5. The zero-order chi connectivity index (χ0) is 6.00. The third kappa shape index (κ3) is 48.5. The molecule has 0 heterocycles. The predicted octanol–water partition coefficient (Wildman–Crippen LogP) is -1.39. The molecule has 0 spiro atoms. The molecule has 0 rings (SSSR count). The molecule has 0 aliphatic heterocycles. The second-order valence-corrected chi connectivity index (χ2v) is 0. The van der Waals surface area contributed by atoms with E-state index in [0.29, 0.717) is 18.6 Å². The summed E-state index contributed by atoms with van der Waals surface area (Å²) in [6.45, 7) is 0. The molecule has 0 saturated heterocycles. The Morgan fingerprint density at radius 3 is 1.17 bits per heavy atom. The first-order valence-electron chi connectivity index (χ1n) is 0.813. The van der Waals surface area contributed by atoms with Crippen LogP contribution in [0.1, 0.15) is 0 Å². The molecular formula is HGaInO3Zn. The van der Waals surface area contributed by atoms with Crippen LogP contribution in [0.15, 0.2) is 0 Å². The van der Waals surface area contributed by atoms with Gasteiger partial charge in [0.25, 0.3) is 0 Å². The third-order valence-electron chi connectivity index (χ3n) is 0. The van der Waals surface area contributed by atoms with Crippen molar-refractivity contribution in [1.29, 1.82) is 0 Å². The van der Waals surface area contributed by atoms with Crippen molar-refractivity contribution in [3.8, 4) is 0 Å². The SMILES string of the molecule is [O]=[Ga].[O]=[InH].[O]=[Zn]. The molecule has 0 unspecified atom stereocenters. The van der Waals surface area contributed by atoms with Crippen LogP contribution >= 0.6 is 0 Å². The first-order valence-corrected chi connectivity index (χ1v) is 4.66.